The van der Waals surface area contributed by atoms with Gasteiger partial charge in [0.25, 0.3) is 5.88 Å². The molecule has 1 fully saturated rings. The van der Waals surface area contributed by atoms with Crippen molar-refractivity contribution in [3.8, 4) is 11.6 Å². The first-order valence-electron chi connectivity index (χ1n) is 5.87. The minimum Gasteiger partial charge on any atom is -0.485 e. The van der Waals surface area contributed by atoms with Gasteiger partial charge in [0.2, 0.25) is 0 Å². The quantitative estimate of drug-likeness (QED) is 0.768. The lowest BCUT2D eigenvalue weighted by atomic mass is 10.2. The number of ether oxygens (including phenoxy) is 2. The Labute approximate surface area is 107 Å². The molecule has 0 amide bonds. The summed E-state index contributed by atoms with van der Waals surface area (Å²) in [6.45, 7) is 6.04. The molecule has 17 heavy (non-hydrogen) atoms. The fraction of sp³-hybridized carbons (Fsp3) is 0.615. The van der Waals surface area contributed by atoms with Gasteiger partial charge in [-0.25, -0.2) is 4.98 Å². The Balaban J connectivity index is 2.22. The van der Waals surface area contributed by atoms with E-state index in [0.717, 1.165) is 23.5 Å². The molecule has 0 unspecified atom stereocenters. The second-order valence-corrected chi connectivity index (χ2v) is 6.09. The van der Waals surface area contributed by atoms with Crippen LogP contribution in [0.1, 0.15) is 33.6 Å². The van der Waals surface area contributed by atoms with Gasteiger partial charge in [-0.15, -0.1) is 11.8 Å². The Morgan fingerprint density at radius 2 is 2.06 bits per heavy atom. The van der Waals surface area contributed by atoms with E-state index in [1.807, 2.05) is 39.3 Å². The third kappa shape index (κ3) is 3.80. The first-order valence-corrected chi connectivity index (χ1v) is 7.10. The molecule has 4 heteroatoms. The summed E-state index contributed by atoms with van der Waals surface area (Å²) in [6.07, 6.45) is 6.49. The number of aromatic nitrogens is 1. The van der Waals surface area contributed by atoms with Crippen molar-refractivity contribution in [3.05, 3.63) is 12.3 Å². The van der Waals surface area contributed by atoms with E-state index in [9.17, 15) is 0 Å². The van der Waals surface area contributed by atoms with Crippen LogP contribution in [0.5, 0.6) is 11.6 Å². The van der Waals surface area contributed by atoms with Crippen molar-refractivity contribution in [1.29, 1.82) is 0 Å². The average molecular weight is 253 g/mol. The van der Waals surface area contributed by atoms with E-state index in [1.165, 1.54) is 0 Å². The van der Waals surface area contributed by atoms with Crippen LogP contribution in [0.2, 0.25) is 0 Å². The molecule has 3 nitrogen and oxygen atoms in total. The highest BCUT2D eigenvalue weighted by Gasteiger charge is 2.26. The first-order chi connectivity index (χ1) is 7.98. The number of nitrogens with zero attached hydrogens (tertiary/aromatic N) is 1. The molecule has 0 aliphatic heterocycles. The number of hydrogen-bond donors (Lipinski definition) is 0. The molecule has 94 valence electrons. The molecule has 0 atom stereocenters. The van der Waals surface area contributed by atoms with Crippen molar-refractivity contribution in [2.24, 2.45) is 0 Å². The maximum Gasteiger partial charge on any atom is 0.257 e. The summed E-state index contributed by atoms with van der Waals surface area (Å²) >= 11 is 1.66. The smallest absolute Gasteiger partial charge is 0.257 e. The van der Waals surface area contributed by atoms with Gasteiger partial charge < -0.3 is 9.47 Å². The van der Waals surface area contributed by atoms with Crippen LogP contribution in [-0.4, -0.2) is 22.9 Å². The maximum atomic E-state index is 5.84. The fourth-order valence-corrected chi connectivity index (χ4v) is 1.73. The molecule has 1 aliphatic carbocycles. The molecular formula is C13H19NO2S. The highest BCUT2D eigenvalue weighted by Crippen LogP contribution is 2.35. The monoisotopic (exact) mass is 253 g/mol. The zero-order chi connectivity index (χ0) is 12.5. The highest BCUT2D eigenvalue weighted by atomic mass is 32.2. The Kier molecular flexibility index (Phi) is 3.52. The highest BCUT2D eigenvalue weighted by molar-refractivity contribution is 7.98. The molecule has 1 saturated carbocycles. The zero-order valence-electron chi connectivity index (χ0n) is 10.8. The van der Waals surface area contributed by atoms with Gasteiger partial charge in [0.1, 0.15) is 5.60 Å². The number of thioether (sulfide) groups is 1. The Morgan fingerprint density at radius 1 is 1.35 bits per heavy atom. The van der Waals surface area contributed by atoms with E-state index >= 15 is 0 Å². The third-order valence-electron chi connectivity index (χ3n) is 2.25. The molecular weight excluding hydrogens is 234 g/mol. The largest absolute Gasteiger partial charge is 0.485 e. The zero-order valence-corrected chi connectivity index (χ0v) is 11.6. The number of hydrogen-bond acceptors (Lipinski definition) is 4. The summed E-state index contributed by atoms with van der Waals surface area (Å²) in [5.74, 6) is 1.37. The van der Waals surface area contributed by atoms with Crippen LogP contribution < -0.4 is 9.47 Å². The van der Waals surface area contributed by atoms with E-state index in [1.54, 1.807) is 11.8 Å². The van der Waals surface area contributed by atoms with Crippen molar-refractivity contribution >= 4 is 11.8 Å². The van der Waals surface area contributed by atoms with Gasteiger partial charge in [0, 0.05) is 17.2 Å². The number of pyridine rings is 1. The first kappa shape index (κ1) is 12.6. The van der Waals surface area contributed by atoms with Crippen LogP contribution in [0.4, 0.5) is 0 Å². The van der Waals surface area contributed by atoms with E-state index in [-0.39, 0.29) is 5.60 Å². The molecule has 1 aromatic rings. The molecule has 2 rings (SSSR count). The minimum absolute atomic E-state index is 0.254. The molecule has 0 N–H and O–H groups in total. The second-order valence-electron chi connectivity index (χ2n) is 5.21. The van der Waals surface area contributed by atoms with Crippen LogP contribution in [0.15, 0.2) is 17.2 Å². The fourth-order valence-electron chi connectivity index (χ4n) is 1.34. The van der Waals surface area contributed by atoms with E-state index < -0.39 is 0 Å². The van der Waals surface area contributed by atoms with E-state index in [2.05, 4.69) is 4.98 Å². The van der Waals surface area contributed by atoms with Crippen LogP contribution in [0, 0.1) is 0 Å². The normalized spacial score (nSPS) is 15.8. The summed E-state index contributed by atoms with van der Waals surface area (Å²) in [6, 6.07) is 2.01. The molecule has 0 radical (unpaired) electrons. The van der Waals surface area contributed by atoms with Crippen LogP contribution in [0.25, 0.3) is 0 Å². The molecule has 1 heterocycles. The lowest BCUT2D eigenvalue weighted by Gasteiger charge is -2.22. The summed E-state index contributed by atoms with van der Waals surface area (Å²) in [5.41, 5.74) is -0.254. The average Bonchev–Trinajstić information content (AvgIpc) is 3.02. The van der Waals surface area contributed by atoms with Crippen molar-refractivity contribution in [1.82, 2.24) is 4.98 Å². The summed E-state index contributed by atoms with van der Waals surface area (Å²) in [7, 11) is 0. The molecule has 0 bridgehead atoms. The Bertz CT molecular complexity index is 397. The van der Waals surface area contributed by atoms with Crippen molar-refractivity contribution in [2.45, 2.75) is 50.2 Å². The maximum absolute atomic E-state index is 5.84. The SMILES string of the molecule is CSc1cnc(OC(C)(C)C)c(OC2CC2)c1. The van der Waals surface area contributed by atoms with Crippen molar-refractivity contribution in [2.75, 3.05) is 6.26 Å². The molecule has 1 aliphatic rings. The van der Waals surface area contributed by atoms with Gasteiger partial charge in [0.15, 0.2) is 5.75 Å². The summed E-state index contributed by atoms with van der Waals surface area (Å²) < 4.78 is 11.7. The summed E-state index contributed by atoms with van der Waals surface area (Å²) in [5, 5.41) is 0. The van der Waals surface area contributed by atoms with Crippen LogP contribution >= 0.6 is 11.8 Å². The van der Waals surface area contributed by atoms with E-state index in [4.69, 9.17) is 9.47 Å². The predicted molar refractivity (Wildman–Crippen MR) is 70.0 cm³/mol. The molecule has 0 saturated heterocycles. The van der Waals surface area contributed by atoms with Gasteiger partial charge in [-0.2, -0.15) is 0 Å². The van der Waals surface area contributed by atoms with Crippen LogP contribution in [-0.2, 0) is 0 Å². The topological polar surface area (TPSA) is 31.4 Å². The second kappa shape index (κ2) is 4.77. The van der Waals surface area contributed by atoms with Gasteiger partial charge in [-0.05, 0) is 39.9 Å². The van der Waals surface area contributed by atoms with Gasteiger partial charge in [0.05, 0.1) is 6.10 Å². The molecule has 0 aromatic carbocycles. The number of rotatable bonds is 4. The van der Waals surface area contributed by atoms with Gasteiger partial charge in [-0.3, -0.25) is 0 Å². The van der Waals surface area contributed by atoms with Crippen molar-refractivity contribution in [3.63, 3.8) is 0 Å². The standard InChI is InChI=1S/C13H19NO2S/c1-13(2,3)16-12-11(15-9-5-6-9)7-10(17-4)8-14-12/h7-9H,5-6H2,1-4H3. The molecule has 1 aromatic heterocycles. The summed E-state index contributed by atoms with van der Waals surface area (Å²) in [4.78, 5) is 5.45. The van der Waals surface area contributed by atoms with Gasteiger partial charge in [-0.1, -0.05) is 0 Å². The molecule has 0 spiro atoms. The lowest BCUT2D eigenvalue weighted by Crippen LogP contribution is -2.24. The third-order valence-corrected chi connectivity index (χ3v) is 2.94. The Morgan fingerprint density at radius 3 is 2.59 bits per heavy atom. The Hall–Kier alpha value is -0.900. The van der Waals surface area contributed by atoms with Crippen LogP contribution in [0.3, 0.4) is 0 Å². The van der Waals surface area contributed by atoms with Gasteiger partial charge >= 0.3 is 0 Å². The van der Waals surface area contributed by atoms with E-state index in [0.29, 0.717) is 12.0 Å². The predicted octanol–water partition coefficient (Wildman–Crippen LogP) is 3.52. The lowest BCUT2D eigenvalue weighted by molar-refractivity contribution is 0.115. The minimum atomic E-state index is -0.254. The van der Waals surface area contributed by atoms with Crippen molar-refractivity contribution < 1.29 is 9.47 Å².